The zero-order chi connectivity index (χ0) is 14.5. The van der Waals surface area contributed by atoms with E-state index in [1.807, 2.05) is 55.6 Å². The summed E-state index contributed by atoms with van der Waals surface area (Å²) in [7, 11) is 1.83. The van der Waals surface area contributed by atoms with Gasteiger partial charge >= 0.3 is 0 Å². The molecule has 0 unspecified atom stereocenters. The summed E-state index contributed by atoms with van der Waals surface area (Å²) in [6, 6.07) is 15.8. The average Bonchev–Trinajstić information content (AvgIpc) is 2.44. The van der Waals surface area contributed by atoms with Gasteiger partial charge in [0.25, 0.3) is 0 Å². The smallest absolute Gasteiger partial charge is 0.227 e. The monoisotopic (exact) mass is 395 g/mol. The number of carbonyl (C=O) groups excluding carboxylic acids is 1. The summed E-state index contributed by atoms with van der Waals surface area (Å²) in [5, 5.41) is 0. The number of hydrogen-bond donors (Lipinski definition) is 0. The van der Waals surface area contributed by atoms with Gasteiger partial charge in [-0.05, 0) is 29.3 Å². The van der Waals surface area contributed by atoms with Gasteiger partial charge in [-0.15, -0.1) is 0 Å². The minimum absolute atomic E-state index is 0.114. The van der Waals surface area contributed by atoms with Crippen molar-refractivity contribution in [3.8, 4) is 0 Å². The Morgan fingerprint density at radius 3 is 2.35 bits per heavy atom. The van der Waals surface area contributed by atoms with Crippen molar-refractivity contribution in [3.63, 3.8) is 0 Å². The highest BCUT2D eigenvalue weighted by Crippen LogP contribution is 2.18. The topological polar surface area (TPSA) is 20.3 Å². The Kier molecular flexibility index (Phi) is 5.38. The van der Waals surface area contributed by atoms with Crippen LogP contribution in [-0.2, 0) is 17.8 Å². The van der Waals surface area contributed by atoms with Crippen LogP contribution in [0, 0.1) is 0 Å². The molecule has 20 heavy (non-hydrogen) atoms. The normalized spacial score (nSPS) is 10.3. The predicted octanol–water partition coefficient (Wildman–Crippen LogP) is 4.41. The van der Waals surface area contributed by atoms with Crippen LogP contribution in [0.5, 0.6) is 0 Å². The van der Waals surface area contributed by atoms with E-state index < -0.39 is 0 Å². The maximum atomic E-state index is 12.2. The van der Waals surface area contributed by atoms with Crippen LogP contribution in [0.4, 0.5) is 0 Å². The first-order valence-corrected chi connectivity index (χ1v) is 7.86. The van der Waals surface area contributed by atoms with E-state index in [0.717, 1.165) is 20.1 Å². The number of benzene rings is 2. The molecule has 0 saturated carbocycles. The number of rotatable bonds is 4. The van der Waals surface area contributed by atoms with Gasteiger partial charge in [0.05, 0.1) is 6.42 Å². The fourth-order valence-electron chi connectivity index (χ4n) is 1.88. The van der Waals surface area contributed by atoms with Crippen molar-refractivity contribution in [3.05, 3.63) is 68.6 Å². The van der Waals surface area contributed by atoms with Crippen LogP contribution in [0.25, 0.3) is 0 Å². The molecule has 104 valence electrons. The molecular weight excluding hydrogens is 382 g/mol. The molecule has 0 atom stereocenters. The molecule has 0 aliphatic rings. The third kappa shape index (κ3) is 4.18. The zero-order valence-corrected chi connectivity index (χ0v) is 14.3. The minimum atomic E-state index is 0.114. The minimum Gasteiger partial charge on any atom is -0.341 e. The van der Waals surface area contributed by atoms with Gasteiger partial charge in [0.2, 0.25) is 5.91 Å². The Hall–Kier alpha value is -1.13. The molecule has 0 N–H and O–H groups in total. The molecule has 0 fully saturated rings. The van der Waals surface area contributed by atoms with Crippen molar-refractivity contribution in [2.45, 2.75) is 13.0 Å². The number of likely N-dealkylation sites (N-methyl/N-ethyl adjacent to an activating group) is 1. The first-order valence-electron chi connectivity index (χ1n) is 6.28. The molecule has 0 aromatic heterocycles. The van der Waals surface area contributed by atoms with Gasteiger partial charge in [0.15, 0.2) is 0 Å². The highest BCUT2D eigenvalue weighted by atomic mass is 79.9. The first-order chi connectivity index (χ1) is 9.56. The van der Waals surface area contributed by atoms with Crippen LogP contribution in [0.1, 0.15) is 11.1 Å². The summed E-state index contributed by atoms with van der Waals surface area (Å²) < 4.78 is 2.05. The van der Waals surface area contributed by atoms with E-state index in [0.29, 0.717) is 13.0 Å². The number of halogens is 2. The predicted molar refractivity (Wildman–Crippen MR) is 88.5 cm³/mol. The second-order valence-electron chi connectivity index (χ2n) is 4.64. The average molecular weight is 397 g/mol. The van der Waals surface area contributed by atoms with Crippen LogP contribution in [0.15, 0.2) is 57.5 Å². The number of amides is 1. The Balaban J connectivity index is 1.99. The SMILES string of the molecule is CN(Cc1ccccc1Br)C(=O)Cc1ccc(Br)cc1. The fourth-order valence-corrected chi connectivity index (χ4v) is 2.56. The molecule has 0 aliphatic carbocycles. The van der Waals surface area contributed by atoms with Crippen molar-refractivity contribution in [2.75, 3.05) is 7.05 Å². The summed E-state index contributed by atoms with van der Waals surface area (Å²) >= 11 is 6.90. The molecule has 0 heterocycles. The van der Waals surface area contributed by atoms with Gasteiger partial charge in [-0.2, -0.15) is 0 Å². The lowest BCUT2D eigenvalue weighted by atomic mass is 10.1. The third-order valence-corrected chi connectivity index (χ3v) is 4.36. The van der Waals surface area contributed by atoms with Gasteiger partial charge in [-0.3, -0.25) is 4.79 Å². The summed E-state index contributed by atoms with van der Waals surface area (Å²) in [4.78, 5) is 14.0. The number of hydrogen-bond acceptors (Lipinski definition) is 1. The van der Waals surface area contributed by atoms with Crippen molar-refractivity contribution >= 4 is 37.8 Å². The van der Waals surface area contributed by atoms with Crippen LogP contribution < -0.4 is 0 Å². The van der Waals surface area contributed by atoms with Gasteiger partial charge in [0, 0.05) is 22.5 Å². The van der Waals surface area contributed by atoms with E-state index in [2.05, 4.69) is 31.9 Å². The molecule has 2 aromatic rings. The van der Waals surface area contributed by atoms with E-state index in [1.165, 1.54) is 0 Å². The van der Waals surface area contributed by atoms with E-state index >= 15 is 0 Å². The fraction of sp³-hybridized carbons (Fsp3) is 0.188. The second kappa shape index (κ2) is 7.04. The lowest BCUT2D eigenvalue weighted by Crippen LogP contribution is -2.27. The first kappa shape index (κ1) is 15.3. The summed E-state index contributed by atoms with van der Waals surface area (Å²) in [5.74, 6) is 0.114. The van der Waals surface area contributed by atoms with Crippen LogP contribution >= 0.6 is 31.9 Å². The van der Waals surface area contributed by atoms with Crippen LogP contribution in [0.3, 0.4) is 0 Å². The Morgan fingerprint density at radius 1 is 1.05 bits per heavy atom. The van der Waals surface area contributed by atoms with Crippen molar-refractivity contribution < 1.29 is 4.79 Å². The van der Waals surface area contributed by atoms with Crippen LogP contribution in [-0.4, -0.2) is 17.9 Å². The quantitative estimate of drug-likeness (QED) is 0.749. The molecule has 0 saturated heterocycles. The van der Waals surface area contributed by atoms with E-state index in [1.54, 1.807) is 4.90 Å². The van der Waals surface area contributed by atoms with Crippen molar-refractivity contribution in [1.82, 2.24) is 4.90 Å². The maximum Gasteiger partial charge on any atom is 0.227 e. The van der Waals surface area contributed by atoms with Crippen molar-refractivity contribution in [1.29, 1.82) is 0 Å². The standard InChI is InChI=1S/C16H15Br2NO/c1-19(11-13-4-2-3-5-15(13)18)16(20)10-12-6-8-14(17)9-7-12/h2-9H,10-11H2,1H3. The summed E-state index contributed by atoms with van der Waals surface area (Å²) in [5.41, 5.74) is 2.14. The molecular formula is C16H15Br2NO. The molecule has 0 radical (unpaired) electrons. The largest absolute Gasteiger partial charge is 0.341 e. The van der Waals surface area contributed by atoms with Gasteiger partial charge in [-0.1, -0.05) is 62.2 Å². The lowest BCUT2D eigenvalue weighted by molar-refractivity contribution is -0.129. The van der Waals surface area contributed by atoms with E-state index in [9.17, 15) is 4.79 Å². The number of nitrogens with zero attached hydrogens (tertiary/aromatic N) is 1. The molecule has 2 nitrogen and oxygen atoms in total. The summed E-state index contributed by atoms with van der Waals surface area (Å²) in [6.45, 7) is 0.608. The highest BCUT2D eigenvalue weighted by molar-refractivity contribution is 9.10. The van der Waals surface area contributed by atoms with Gasteiger partial charge in [0.1, 0.15) is 0 Å². The summed E-state index contributed by atoms with van der Waals surface area (Å²) in [6.07, 6.45) is 0.425. The molecule has 0 aliphatic heterocycles. The molecule has 2 rings (SSSR count). The molecule has 1 amide bonds. The van der Waals surface area contributed by atoms with Crippen LogP contribution in [0.2, 0.25) is 0 Å². The number of carbonyl (C=O) groups is 1. The molecule has 0 bridgehead atoms. The Morgan fingerprint density at radius 2 is 1.70 bits per heavy atom. The second-order valence-corrected chi connectivity index (χ2v) is 6.41. The molecule has 2 aromatic carbocycles. The van der Waals surface area contributed by atoms with E-state index in [4.69, 9.17) is 0 Å². The van der Waals surface area contributed by atoms with Crippen molar-refractivity contribution in [2.24, 2.45) is 0 Å². The zero-order valence-electron chi connectivity index (χ0n) is 11.1. The maximum absolute atomic E-state index is 12.2. The van der Waals surface area contributed by atoms with Gasteiger partial charge < -0.3 is 4.90 Å². The Bertz CT molecular complexity index is 596. The third-order valence-electron chi connectivity index (χ3n) is 3.06. The van der Waals surface area contributed by atoms with E-state index in [-0.39, 0.29) is 5.91 Å². The molecule has 4 heteroatoms. The lowest BCUT2D eigenvalue weighted by Gasteiger charge is -2.18. The van der Waals surface area contributed by atoms with Gasteiger partial charge in [-0.25, -0.2) is 0 Å². The molecule has 0 spiro atoms. The Labute approximate surface area is 136 Å². The highest BCUT2D eigenvalue weighted by Gasteiger charge is 2.11.